The van der Waals surface area contributed by atoms with Crippen LogP contribution in [0.15, 0.2) is 0 Å². The monoisotopic (exact) mass is 247 g/mol. The van der Waals surface area contributed by atoms with E-state index in [1.54, 1.807) is 44.9 Å². The first-order chi connectivity index (χ1) is 8.81. The number of rotatable bonds is 4. The molecule has 1 unspecified atom stereocenters. The van der Waals surface area contributed by atoms with Crippen molar-refractivity contribution < 1.29 is 0 Å². The van der Waals surface area contributed by atoms with Crippen LogP contribution < -0.4 is 5.32 Å². The standard InChI is InChI=1S/C17H29N/c1(2-13-3-5-18-12-13)4-17-9-14-6-15(10-17)8-16(7-14)11-17/h13-16,18H,1-12H2. The minimum atomic E-state index is 0.834. The summed E-state index contributed by atoms with van der Waals surface area (Å²) in [4.78, 5) is 0. The third-order valence-electron chi connectivity index (χ3n) is 6.65. The molecule has 4 saturated carbocycles. The van der Waals surface area contributed by atoms with E-state index in [2.05, 4.69) is 5.32 Å². The molecular formula is C17H29N. The maximum atomic E-state index is 3.52. The van der Waals surface area contributed by atoms with Crippen LogP contribution in [0.25, 0.3) is 0 Å². The molecule has 5 rings (SSSR count). The zero-order chi connectivity index (χ0) is 12.0. The van der Waals surface area contributed by atoms with Gasteiger partial charge in [-0.1, -0.05) is 6.42 Å². The van der Waals surface area contributed by atoms with Gasteiger partial charge in [0.2, 0.25) is 0 Å². The van der Waals surface area contributed by atoms with Crippen molar-refractivity contribution in [2.45, 2.75) is 64.2 Å². The molecule has 0 aromatic heterocycles. The molecule has 102 valence electrons. The van der Waals surface area contributed by atoms with Crippen molar-refractivity contribution >= 4 is 0 Å². The van der Waals surface area contributed by atoms with Crippen molar-refractivity contribution in [2.24, 2.45) is 29.1 Å². The van der Waals surface area contributed by atoms with Gasteiger partial charge in [-0.05, 0) is 100.0 Å². The zero-order valence-electron chi connectivity index (χ0n) is 11.8. The van der Waals surface area contributed by atoms with Gasteiger partial charge in [-0.15, -0.1) is 0 Å². The second-order valence-corrected chi connectivity index (χ2v) is 8.17. The van der Waals surface area contributed by atoms with Gasteiger partial charge in [0.05, 0.1) is 0 Å². The van der Waals surface area contributed by atoms with Crippen LogP contribution in [0.1, 0.15) is 64.2 Å². The average molecular weight is 247 g/mol. The Morgan fingerprint density at radius 1 is 0.944 bits per heavy atom. The topological polar surface area (TPSA) is 12.0 Å². The predicted molar refractivity (Wildman–Crippen MR) is 75.4 cm³/mol. The normalized spacial score (nSPS) is 50.0. The Morgan fingerprint density at radius 2 is 1.61 bits per heavy atom. The SMILES string of the molecule is C(CC1CCNC1)CC12CC3CC(CC(C3)C1)C2. The van der Waals surface area contributed by atoms with Gasteiger partial charge in [-0.3, -0.25) is 0 Å². The summed E-state index contributed by atoms with van der Waals surface area (Å²) in [5.74, 6) is 4.44. The Bertz CT molecular complexity index is 267. The highest BCUT2D eigenvalue weighted by atomic mass is 14.9. The van der Waals surface area contributed by atoms with Crippen molar-refractivity contribution in [1.29, 1.82) is 0 Å². The molecule has 0 aromatic carbocycles. The molecule has 0 spiro atoms. The number of hydrogen-bond acceptors (Lipinski definition) is 1. The van der Waals surface area contributed by atoms with Crippen molar-refractivity contribution in [2.75, 3.05) is 13.1 Å². The predicted octanol–water partition coefficient (Wildman–Crippen LogP) is 3.98. The lowest BCUT2D eigenvalue weighted by Gasteiger charge is -2.57. The van der Waals surface area contributed by atoms with Gasteiger partial charge < -0.3 is 5.32 Å². The van der Waals surface area contributed by atoms with Crippen molar-refractivity contribution in [3.05, 3.63) is 0 Å². The second-order valence-electron chi connectivity index (χ2n) is 8.17. The molecular weight excluding hydrogens is 218 g/mol. The zero-order valence-corrected chi connectivity index (χ0v) is 11.8. The van der Waals surface area contributed by atoms with Gasteiger partial charge in [0.1, 0.15) is 0 Å². The molecule has 1 N–H and O–H groups in total. The van der Waals surface area contributed by atoms with Crippen LogP contribution in [0.4, 0.5) is 0 Å². The van der Waals surface area contributed by atoms with Crippen molar-refractivity contribution in [1.82, 2.24) is 5.32 Å². The summed E-state index contributed by atoms with van der Waals surface area (Å²) in [7, 11) is 0. The Hall–Kier alpha value is -0.0400. The van der Waals surface area contributed by atoms with Gasteiger partial charge in [0, 0.05) is 0 Å². The highest BCUT2D eigenvalue weighted by molar-refractivity contribution is 5.01. The van der Waals surface area contributed by atoms with Gasteiger partial charge in [0.25, 0.3) is 0 Å². The molecule has 5 aliphatic rings. The molecule has 4 aliphatic carbocycles. The quantitative estimate of drug-likeness (QED) is 0.792. The molecule has 18 heavy (non-hydrogen) atoms. The smallest absolute Gasteiger partial charge is 0.00200 e. The highest BCUT2D eigenvalue weighted by Gasteiger charge is 2.50. The molecule has 1 saturated heterocycles. The minimum absolute atomic E-state index is 0.834. The fourth-order valence-corrected chi connectivity index (χ4v) is 6.32. The summed E-state index contributed by atoms with van der Waals surface area (Å²) >= 11 is 0. The molecule has 5 fully saturated rings. The third-order valence-corrected chi connectivity index (χ3v) is 6.65. The van der Waals surface area contributed by atoms with Gasteiger partial charge in [0.15, 0.2) is 0 Å². The Balaban J connectivity index is 1.33. The lowest BCUT2D eigenvalue weighted by molar-refractivity contribution is -0.0586. The second kappa shape index (κ2) is 4.51. The fraction of sp³-hybridized carbons (Fsp3) is 1.00. The largest absolute Gasteiger partial charge is 0.316 e. The van der Waals surface area contributed by atoms with E-state index in [4.69, 9.17) is 0 Å². The molecule has 1 heterocycles. The van der Waals surface area contributed by atoms with Crippen LogP contribution in [0.3, 0.4) is 0 Å². The fourth-order valence-electron chi connectivity index (χ4n) is 6.32. The Labute approximate surface area is 112 Å². The Morgan fingerprint density at radius 3 is 2.17 bits per heavy atom. The lowest BCUT2D eigenvalue weighted by Crippen LogP contribution is -2.45. The lowest BCUT2D eigenvalue weighted by atomic mass is 9.48. The molecule has 0 radical (unpaired) electrons. The molecule has 1 nitrogen and oxygen atoms in total. The molecule has 1 heteroatoms. The van der Waals surface area contributed by atoms with Gasteiger partial charge in [-0.2, -0.15) is 0 Å². The first-order valence-electron chi connectivity index (χ1n) is 8.52. The van der Waals surface area contributed by atoms with E-state index < -0.39 is 0 Å². The van der Waals surface area contributed by atoms with Crippen LogP contribution in [0, 0.1) is 29.1 Å². The summed E-state index contributed by atoms with van der Waals surface area (Å²) in [6, 6.07) is 0. The van der Waals surface area contributed by atoms with E-state index in [0.717, 1.165) is 29.1 Å². The Kier molecular flexibility index (Phi) is 2.94. The van der Waals surface area contributed by atoms with Crippen molar-refractivity contribution in [3.63, 3.8) is 0 Å². The van der Waals surface area contributed by atoms with E-state index in [0.29, 0.717) is 0 Å². The minimum Gasteiger partial charge on any atom is -0.316 e. The van der Waals surface area contributed by atoms with E-state index in [-0.39, 0.29) is 0 Å². The van der Waals surface area contributed by atoms with Crippen LogP contribution in [-0.4, -0.2) is 13.1 Å². The molecule has 0 amide bonds. The molecule has 4 bridgehead atoms. The summed E-state index contributed by atoms with van der Waals surface area (Å²) in [6.45, 7) is 2.59. The summed E-state index contributed by atoms with van der Waals surface area (Å²) in [6.07, 6.45) is 15.7. The third kappa shape index (κ3) is 2.13. The molecule has 1 atom stereocenters. The summed E-state index contributed by atoms with van der Waals surface area (Å²) < 4.78 is 0. The first kappa shape index (κ1) is 11.8. The van der Waals surface area contributed by atoms with Gasteiger partial charge >= 0.3 is 0 Å². The van der Waals surface area contributed by atoms with Crippen LogP contribution in [-0.2, 0) is 0 Å². The van der Waals surface area contributed by atoms with Crippen molar-refractivity contribution in [3.8, 4) is 0 Å². The van der Waals surface area contributed by atoms with Crippen LogP contribution in [0.2, 0.25) is 0 Å². The van der Waals surface area contributed by atoms with Crippen LogP contribution >= 0.6 is 0 Å². The van der Waals surface area contributed by atoms with E-state index in [1.165, 1.54) is 32.4 Å². The van der Waals surface area contributed by atoms with E-state index in [1.807, 2.05) is 0 Å². The average Bonchev–Trinajstić information content (AvgIpc) is 2.79. The molecule has 1 aliphatic heterocycles. The number of nitrogens with one attached hydrogen (secondary N) is 1. The van der Waals surface area contributed by atoms with Gasteiger partial charge in [-0.25, -0.2) is 0 Å². The first-order valence-corrected chi connectivity index (χ1v) is 8.52. The van der Waals surface area contributed by atoms with E-state index >= 15 is 0 Å². The maximum Gasteiger partial charge on any atom is -0.00200 e. The summed E-state index contributed by atoms with van der Waals surface area (Å²) in [5.41, 5.74) is 0.834. The maximum absolute atomic E-state index is 3.52. The van der Waals surface area contributed by atoms with E-state index in [9.17, 15) is 0 Å². The van der Waals surface area contributed by atoms with Crippen LogP contribution in [0.5, 0.6) is 0 Å². The summed E-state index contributed by atoms with van der Waals surface area (Å²) in [5, 5.41) is 3.52. The highest BCUT2D eigenvalue weighted by Crippen LogP contribution is 2.61. The molecule has 0 aromatic rings. The number of hydrogen-bond donors (Lipinski definition) is 1.